The lowest BCUT2D eigenvalue weighted by Gasteiger charge is -2.38. The van der Waals surface area contributed by atoms with Crippen LogP contribution in [0.1, 0.15) is 42.0 Å². The Bertz CT molecular complexity index is 1400. The van der Waals surface area contributed by atoms with Gasteiger partial charge in [-0.05, 0) is 74.4 Å². The van der Waals surface area contributed by atoms with E-state index in [2.05, 4.69) is 18.6 Å². The van der Waals surface area contributed by atoms with Crippen molar-refractivity contribution < 1.29 is 13.2 Å². The minimum atomic E-state index is -1.48. The van der Waals surface area contributed by atoms with Crippen molar-refractivity contribution in [3.05, 3.63) is 119 Å². The van der Waals surface area contributed by atoms with Crippen LogP contribution in [0.2, 0.25) is 0 Å². The smallest absolute Gasteiger partial charge is 0.125 e. The summed E-state index contributed by atoms with van der Waals surface area (Å²) in [4.78, 5) is 2.21. The molecule has 0 saturated carbocycles. The van der Waals surface area contributed by atoms with Crippen molar-refractivity contribution in [1.29, 1.82) is 0 Å². The molecule has 0 bridgehead atoms. The molecule has 0 unspecified atom stereocenters. The standard InChI is InChI=1S/C31H33NO3S2/c1-22-10-18-27(19-11-22)36(33)30-9-7-6-8-29(30)24(3)31(4,25-14-16-26(35-5)17-15-25)32-37(34)28-20-12-23(2)13-21-28/h6-21,24,32H,1-5H3/t24-,31-,36-,37-/m0/s1. The molecule has 0 saturated heterocycles. The molecule has 0 heterocycles. The summed E-state index contributed by atoms with van der Waals surface area (Å²) in [6.45, 7) is 8.17. The van der Waals surface area contributed by atoms with Crippen LogP contribution < -0.4 is 9.46 Å². The number of benzene rings is 4. The Kier molecular flexibility index (Phi) is 8.42. The number of methoxy groups -OCH3 is 1. The van der Waals surface area contributed by atoms with E-state index in [0.717, 1.165) is 37.8 Å². The fraction of sp³-hybridized carbons (Fsp3) is 0.226. The number of hydrogen-bond donors (Lipinski definition) is 1. The summed E-state index contributed by atoms with van der Waals surface area (Å²) < 4.78 is 36.1. The summed E-state index contributed by atoms with van der Waals surface area (Å²) in [7, 11) is -1.20. The average molecular weight is 532 g/mol. The summed E-state index contributed by atoms with van der Waals surface area (Å²) in [6, 6.07) is 31.1. The van der Waals surface area contributed by atoms with Gasteiger partial charge in [-0.15, -0.1) is 0 Å². The second kappa shape index (κ2) is 11.5. The molecule has 192 valence electrons. The van der Waals surface area contributed by atoms with E-state index in [9.17, 15) is 8.42 Å². The number of hydrogen-bond acceptors (Lipinski definition) is 3. The molecule has 4 aromatic carbocycles. The number of ether oxygens (including phenoxy) is 1. The molecule has 4 nitrogen and oxygen atoms in total. The molecule has 0 fully saturated rings. The van der Waals surface area contributed by atoms with Crippen molar-refractivity contribution in [2.45, 2.75) is 53.8 Å². The first-order valence-electron chi connectivity index (χ1n) is 12.2. The maximum atomic E-state index is 13.7. The Morgan fingerprint density at radius 1 is 0.757 bits per heavy atom. The van der Waals surface area contributed by atoms with E-state index in [1.807, 2.05) is 111 Å². The Labute approximate surface area is 225 Å². The summed E-state index contributed by atoms with van der Waals surface area (Å²) in [5, 5.41) is 0. The minimum Gasteiger partial charge on any atom is -0.497 e. The van der Waals surface area contributed by atoms with Crippen LogP contribution in [-0.2, 0) is 27.3 Å². The Morgan fingerprint density at radius 3 is 1.86 bits per heavy atom. The number of rotatable bonds is 9. The molecule has 0 amide bonds. The van der Waals surface area contributed by atoms with Gasteiger partial charge in [-0.3, -0.25) is 0 Å². The van der Waals surface area contributed by atoms with Crippen molar-refractivity contribution in [3.63, 3.8) is 0 Å². The Balaban J connectivity index is 1.78. The van der Waals surface area contributed by atoms with Gasteiger partial charge in [-0.2, -0.15) is 0 Å². The highest BCUT2D eigenvalue weighted by Crippen LogP contribution is 2.40. The predicted molar refractivity (Wildman–Crippen MR) is 152 cm³/mol. The van der Waals surface area contributed by atoms with Gasteiger partial charge >= 0.3 is 0 Å². The highest BCUT2D eigenvalue weighted by atomic mass is 32.2. The number of aryl methyl sites for hydroxylation is 2. The van der Waals surface area contributed by atoms with Crippen LogP contribution in [0.3, 0.4) is 0 Å². The third-order valence-corrected chi connectivity index (χ3v) is 9.70. The number of nitrogens with one attached hydrogen (secondary N) is 1. The van der Waals surface area contributed by atoms with Gasteiger partial charge in [0, 0.05) is 15.7 Å². The first-order chi connectivity index (χ1) is 17.7. The van der Waals surface area contributed by atoms with Crippen molar-refractivity contribution >= 4 is 21.8 Å². The van der Waals surface area contributed by atoms with E-state index < -0.39 is 27.3 Å². The highest BCUT2D eigenvalue weighted by Gasteiger charge is 2.37. The second-order valence-corrected chi connectivity index (χ2v) is 12.1. The summed E-state index contributed by atoms with van der Waals surface area (Å²) in [6.07, 6.45) is 0. The molecule has 6 heteroatoms. The highest BCUT2D eigenvalue weighted by molar-refractivity contribution is 7.85. The van der Waals surface area contributed by atoms with Crippen LogP contribution in [0.5, 0.6) is 5.75 Å². The van der Waals surface area contributed by atoms with Gasteiger partial charge < -0.3 is 4.74 Å². The maximum absolute atomic E-state index is 13.7. The lowest BCUT2D eigenvalue weighted by Crippen LogP contribution is -2.45. The summed E-state index contributed by atoms with van der Waals surface area (Å²) in [5.41, 5.74) is 3.37. The van der Waals surface area contributed by atoms with Crippen molar-refractivity contribution in [2.24, 2.45) is 0 Å². The zero-order valence-corrected chi connectivity index (χ0v) is 23.5. The van der Waals surface area contributed by atoms with Gasteiger partial charge in [-0.25, -0.2) is 13.1 Å². The first-order valence-corrected chi connectivity index (χ1v) is 14.5. The third kappa shape index (κ3) is 5.93. The molecular weight excluding hydrogens is 498 g/mol. The van der Waals surface area contributed by atoms with E-state index in [1.54, 1.807) is 7.11 Å². The van der Waals surface area contributed by atoms with Gasteiger partial charge in [-0.1, -0.05) is 72.6 Å². The van der Waals surface area contributed by atoms with Crippen LogP contribution in [0.4, 0.5) is 0 Å². The molecule has 0 aliphatic carbocycles. The SMILES string of the molecule is COc1ccc([C@@](C)(N[S@@](=O)c2ccc(C)cc2)[C@@H](C)c2ccccc2[S@@](=O)c2ccc(C)cc2)cc1. The fourth-order valence-electron chi connectivity index (χ4n) is 4.35. The van der Waals surface area contributed by atoms with Crippen LogP contribution >= 0.6 is 0 Å². The molecule has 0 aliphatic heterocycles. The second-order valence-electron chi connectivity index (χ2n) is 9.46. The largest absolute Gasteiger partial charge is 0.497 e. The average Bonchev–Trinajstić information content (AvgIpc) is 2.93. The van der Waals surface area contributed by atoms with Gasteiger partial charge in [0.15, 0.2) is 0 Å². The Hall–Kier alpha value is -3.06. The van der Waals surface area contributed by atoms with E-state index in [-0.39, 0.29) is 5.92 Å². The fourth-order valence-corrected chi connectivity index (χ4v) is 6.83. The van der Waals surface area contributed by atoms with Crippen molar-refractivity contribution in [3.8, 4) is 5.75 Å². The van der Waals surface area contributed by atoms with E-state index in [4.69, 9.17) is 4.74 Å². The van der Waals surface area contributed by atoms with Crippen molar-refractivity contribution in [2.75, 3.05) is 7.11 Å². The van der Waals surface area contributed by atoms with E-state index >= 15 is 0 Å². The summed E-state index contributed by atoms with van der Waals surface area (Å²) >= 11 is 0. The molecular formula is C31H33NO3S2. The van der Waals surface area contributed by atoms with E-state index in [1.165, 1.54) is 0 Å². The monoisotopic (exact) mass is 531 g/mol. The molecule has 1 N–H and O–H groups in total. The Morgan fingerprint density at radius 2 is 1.30 bits per heavy atom. The van der Waals surface area contributed by atoms with Gasteiger partial charge in [0.25, 0.3) is 0 Å². The molecule has 4 aromatic rings. The molecule has 0 aliphatic rings. The van der Waals surface area contributed by atoms with Gasteiger partial charge in [0.05, 0.1) is 28.3 Å². The van der Waals surface area contributed by atoms with Crippen LogP contribution in [0, 0.1) is 13.8 Å². The third-order valence-electron chi connectivity index (χ3n) is 6.92. The molecule has 4 atom stereocenters. The lowest BCUT2D eigenvalue weighted by molar-refractivity contribution is 0.369. The zero-order chi connectivity index (χ0) is 26.6. The molecule has 0 aromatic heterocycles. The van der Waals surface area contributed by atoms with Gasteiger partial charge in [0.2, 0.25) is 0 Å². The van der Waals surface area contributed by atoms with Gasteiger partial charge in [0.1, 0.15) is 16.7 Å². The van der Waals surface area contributed by atoms with Crippen LogP contribution in [0.15, 0.2) is 112 Å². The zero-order valence-electron chi connectivity index (χ0n) is 21.9. The normalized spacial score (nSPS) is 15.4. The molecule has 0 radical (unpaired) electrons. The van der Waals surface area contributed by atoms with Crippen molar-refractivity contribution in [1.82, 2.24) is 4.72 Å². The van der Waals surface area contributed by atoms with E-state index in [0.29, 0.717) is 4.90 Å². The minimum absolute atomic E-state index is 0.180. The molecule has 37 heavy (non-hydrogen) atoms. The van der Waals surface area contributed by atoms with Crippen LogP contribution in [-0.4, -0.2) is 15.5 Å². The van der Waals surface area contributed by atoms with Crippen LogP contribution in [0.25, 0.3) is 0 Å². The lowest BCUT2D eigenvalue weighted by atomic mass is 9.77. The predicted octanol–water partition coefficient (Wildman–Crippen LogP) is 6.81. The molecule has 4 rings (SSSR count). The molecule has 0 spiro atoms. The maximum Gasteiger partial charge on any atom is 0.125 e. The topological polar surface area (TPSA) is 55.4 Å². The summed E-state index contributed by atoms with van der Waals surface area (Å²) in [5.74, 6) is 0.570. The first kappa shape index (κ1) is 27.0. The quantitative estimate of drug-likeness (QED) is 0.258.